The summed E-state index contributed by atoms with van der Waals surface area (Å²) in [7, 11) is 0. The molecular formula is C17H18FN5OS. The predicted octanol–water partition coefficient (Wildman–Crippen LogP) is 3.19. The quantitative estimate of drug-likeness (QED) is 0.699. The second-order valence-electron chi connectivity index (χ2n) is 6.30. The summed E-state index contributed by atoms with van der Waals surface area (Å²) in [5.74, 6) is -0.0641. The van der Waals surface area contributed by atoms with Gasteiger partial charge in [0.1, 0.15) is 11.3 Å². The number of benzene rings is 1. The fourth-order valence-corrected chi connectivity index (χ4v) is 3.83. The van der Waals surface area contributed by atoms with Crippen molar-refractivity contribution in [1.29, 1.82) is 0 Å². The van der Waals surface area contributed by atoms with Crippen LogP contribution in [0.25, 0.3) is 22.1 Å². The first-order chi connectivity index (χ1) is 12.2. The number of hydrogen-bond donors (Lipinski definition) is 2. The van der Waals surface area contributed by atoms with Crippen LogP contribution >= 0.6 is 11.8 Å². The molecule has 0 aliphatic heterocycles. The van der Waals surface area contributed by atoms with Crippen molar-refractivity contribution in [3.8, 4) is 0 Å². The van der Waals surface area contributed by atoms with Crippen molar-refractivity contribution in [2.24, 2.45) is 0 Å². The third-order valence-corrected chi connectivity index (χ3v) is 5.30. The highest BCUT2D eigenvalue weighted by Crippen LogP contribution is 2.24. The summed E-state index contributed by atoms with van der Waals surface area (Å²) in [6, 6.07) is 4.75. The maximum atomic E-state index is 13.4. The van der Waals surface area contributed by atoms with Crippen molar-refractivity contribution in [2.75, 3.05) is 5.75 Å². The number of amides is 1. The molecule has 3 aromatic rings. The minimum atomic E-state index is -0.326. The van der Waals surface area contributed by atoms with Gasteiger partial charge < -0.3 is 10.3 Å². The van der Waals surface area contributed by atoms with Gasteiger partial charge in [0.25, 0.3) is 0 Å². The number of rotatable bonds is 4. The smallest absolute Gasteiger partial charge is 0.230 e. The molecule has 1 aromatic carbocycles. The first-order valence-corrected chi connectivity index (χ1v) is 9.41. The van der Waals surface area contributed by atoms with Crippen LogP contribution < -0.4 is 5.32 Å². The normalized spacial score (nSPS) is 15.7. The summed E-state index contributed by atoms with van der Waals surface area (Å²) < 4.78 is 13.4. The van der Waals surface area contributed by atoms with Crippen LogP contribution in [0.5, 0.6) is 0 Å². The zero-order valence-corrected chi connectivity index (χ0v) is 14.4. The minimum Gasteiger partial charge on any atom is -0.353 e. The molecule has 1 amide bonds. The molecule has 6 nitrogen and oxygen atoms in total. The average molecular weight is 359 g/mol. The van der Waals surface area contributed by atoms with Gasteiger partial charge in [-0.05, 0) is 31.0 Å². The van der Waals surface area contributed by atoms with Gasteiger partial charge in [0.2, 0.25) is 11.1 Å². The molecule has 1 saturated carbocycles. The number of nitrogens with one attached hydrogen (secondary N) is 2. The number of halogens is 1. The molecule has 1 aliphatic carbocycles. The number of thioether (sulfide) groups is 1. The van der Waals surface area contributed by atoms with E-state index in [1.54, 1.807) is 6.07 Å². The fourth-order valence-electron chi connectivity index (χ4n) is 3.24. The van der Waals surface area contributed by atoms with E-state index in [0.29, 0.717) is 27.7 Å². The predicted molar refractivity (Wildman–Crippen MR) is 94.9 cm³/mol. The number of carbonyl (C=O) groups excluding carboxylic acids is 1. The van der Waals surface area contributed by atoms with E-state index in [-0.39, 0.29) is 17.5 Å². The van der Waals surface area contributed by atoms with E-state index in [4.69, 9.17) is 0 Å². The Morgan fingerprint density at radius 2 is 2.12 bits per heavy atom. The summed E-state index contributed by atoms with van der Waals surface area (Å²) in [6.07, 6.45) is 5.75. The molecule has 0 unspecified atom stereocenters. The van der Waals surface area contributed by atoms with E-state index in [1.807, 2.05) is 0 Å². The van der Waals surface area contributed by atoms with Crippen molar-refractivity contribution in [2.45, 2.75) is 43.3 Å². The molecule has 0 saturated heterocycles. The van der Waals surface area contributed by atoms with Crippen molar-refractivity contribution < 1.29 is 9.18 Å². The first kappa shape index (κ1) is 16.3. The number of nitrogens with zero attached hydrogens (tertiary/aromatic N) is 3. The molecule has 8 heteroatoms. The molecule has 2 N–H and O–H groups in total. The van der Waals surface area contributed by atoms with Gasteiger partial charge >= 0.3 is 0 Å². The molecule has 1 fully saturated rings. The van der Waals surface area contributed by atoms with Gasteiger partial charge in [0.05, 0.1) is 5.75 Å². The van der Waals surface area contributed by atoms with E-state index in [1.165, 1.54) is 43.2 Å². The monoisotopic (exact) mass is 359 g/mol. The summed E-state index contributed by atoms with van der Waals surface area (Å²) in [5.41, 5.74) is 1.84. The Bertz CT molecular complexity index is 922. The van der Waals surface area contributed by atoms with E-state index in [0.717, 1.165) is 18.4 Å². The van der Waals surface area contributed by atoms with Crippen molar-refractivity contribution >= 4 is 39.7 Å². The molecular weight excluding hydrogens is 341 g/mol. The van der Waals surface area contributed by atoms with Crippen LogP contribution in [-0.2, 0) is 4.79 Å². The molecule has 130 valence electrons. The molecule has 0 radical (unpaired) electrons. The third-order valence-electron chi connectivity index (χ3n) is 4.46. The number of aromatic nitrogens is 4. The number of hydrogen-bond acceptors (Lipinski definition) is 5. The SMILES string of the molecule is O=C(CSc1nnc2c(n1)[nH]c1ccc(F)cc12)NC1CCCCC1. The van der Waals surface area contributed by atoms with Gasteiger partial charge in [-0.3, -0.25) is 4.79 Å². The Morgan fingerprint density at radius 3 is 2.96 bits per heavy atom. The van der Waals surface area contributed by atoms with Gasteiger partial charge in [0.15, 0.2) is 5.65 Å². The number of aromatic amines is 1. The van der Waals surface area contributed by atoms with Gasteiger partial charge in [-0.25, -0.2) is 9.37 Å². The first-order valence-electron chi connectivity index (χ1n) is 8.43. The average Bonchev–Trinajstić information content (AvgIpc) is 2.98. The van der Waals surface area contributed by atoms with Crippen molar-refractivity contribution in [3.63, 3.8) is 0 Å². The van der Waals surface area contributed by atoms with Gasteiger partial charge in [0, 0.05) is 16.9 Å². The molecule has 2 heterocycles. The second kappa shape index (κ2) is 6.95. The molecule has 1 aliphatic rings. The summed E-state index contributed by atoms with van der Waals surface area (Å²) in [6.45, 7) is 0. The standard InChI is InChI=1S/C17H18FN5OS/c18-10-6-7-13-12(8-10)15-16(20-13)21-17(23-22-15)25-9-14(24)19-11-4-2-1-3-5-11/h6-8,11H,1-5,9H2,(H,19,24)(H,20,21,23). The van der Waals surface area contributed by atoms with Crippen LogP contribution in [-0.4, -0.2) is 37.9 Å². The number of carbonyl (C=O) groups is 1. The lowest BCUT2D eigenvalue weighted by atomic mass is 9.95. The van der Waals surface area contributed by atoms with E-state index in [2.05, 4.69) is 25.5 Å². The maximum absolute atomic E-state index is 13.4. The maximum Gasteiger partial charge on any atom is 0.230 e. The van der Waals surface area contributed by atoms with Crippen molar-refractivity contribution in [3.05, 3.63) is 24.0 Å². The van der Waals surface area contributed by atoms with E-state index < -0.39 is 0 Å². The van der Waals surface area contributed by atoms with Gasteiger partial charge in [-0.2, -0.15) is 0 Å². The molecule has 0 atom stereocenters. The lowest BCUT2D eigenvalue weighted by Gasteiger charge is -2.22. The van der Waals surface area contributed by atoms with Crippen LogP contribution in [0.1, 0.15) is 32.1 Å². The van der Waals surface area contributed by atoms with Gasteiger partial charge in [-0.1, -0.05) is 31.0 Å². The Balaban J connectivity index is 1.44. The van der Waals surface area contributed by atoms with Crippen LogP contribution in [0.15, 0.2) is 23.4 Å². The second-order valence-corrected chi connectivity index (χ2v) is 7.24. The number of fused-ring (bicyclic) bond motifs is 3. The van der Waals surface area contributed by atoms with E-state index in [9.17, 15) is 9.18 Å². The molecule has 25 heavy (non-hydrogen) atoms. The van der Waals surface area contributed by atoms with Crippen LogP contribution in [0.3, 0.4) is 0 Å². The summed E-state index contributed by atoms with van der Waals surface area (Å²) in [5, 5.41) is 12.4. The lowest BCUT2D eigenvalue weighted by molar-refractivity contribution is -0.119. The van der Waals surface area contributed by atoms with Crippen LogP contribution in [0.2, 0.25) is 0 Å². The van der Waals surface area contributed by atoms with Gasteiger partial charge in [-0.15, -0.1) is 10.2 Å². The molecule has 0 spiro atoms. The number of H-pyrrole nitrogens is 1. The topological polar surface area (TPSA) is 83.6 Å². The fraction of sp³-hybridized carbons (Fsp3) is 0.412. The molecule has 4 rings (SSSR count). The zero-order chi connectivity index (χ0) is 17.2. The highest BCUT2D eigenvalue weighted by molar-refractivity contribution is 7.99. The largest absolute Gasteiger partial charge is 0.353 e. The minimum absolute atomic E-state index is 0.000634. The Labute approximate surface area is 148 Å². The van der Waals surface area contributed by atoms with E-state index >= 15 is 0 Å². The summed E-state index contributed by atoms with van der Waals surface area (Å²) >= 11 is 1.25. The Kier molecular flexibility index (Phi) is 4.52. The summed E-state index contributed by atoms with van der Waals surface area (Å²) in [4.78, 5) is 19.6. The Morgan fingerprint density at radius 1 is 1.28 bits per heavy atom. The van der Waals surface area contributed by atoms with Crippen LogP contribution in [0, 0.1) is 5.82 Å². The highest BCUT2D eigenvalue weighted by Gasteiger charge is 2.16. The highest BCUT2D eigenvalue weighted by atomic mass is 32.2. The molecule has 2 aromatic heterocycles. The lowest BCUT2D eigenvalue weighted by Crippen LogP contribution is -2.37. The Hall–Kier alpha value is -2.22. The van der Waals surface area contributed by atoms with Crippen LogP contribution in [0.4, 0.5) is 4.39 Å². The molecule has 0 bridgehead atoms. The zero-order valence-electron chi connectivity index (χ0n) is 13.6. The van der Waals surface area contributed by atoms with Crippen molar-refractivity contribution in [1.82, 2.24) is 25.5 Å². The third kappa shape index (κ3) is 3.58.